The molecule has 100 valence electrons. The van der Waals surface area contributed by atoms with E-state index >= 15 is 0 Å². The topological polar surface area (TPSA) is 84.7 Å². The Morgan fingerprint density at radius 3 is 2.58 bits per heavy atom. The zero-order valence-corrected chi connectivity index (χ0v) is 11.9. The van der Waals surface area contributed by atoms with Gasteiger partial charge in [-0.05, 0) is 12.0 Å². The van der Waals surface area contributed by atoms with Crippen LogP contribution in [0.4, 0.5) is 5.82 Å². The van der Waals surface area contributed by atoms with Crippen LogP contribution in [-0.2, 0) is 0 Å². The molecule has 0 saturated carbocycles. The van der Waals surface area contributed by atoms with E-state index in [0.717, 1.165) is 0 Å². The molecule has 0 spiro atoms. The fourth-order valence-corrected chi connectivity index (χ4v) is 2.23. The average Bonchev–Trinajstić information content (AvgIpc) is 2.26. The van der Waals surface area contributed by atoms with E-state index < -0.39 is 0 Å². The van der Waals surface area contributed by atoms with Crippen LogP contribution < -0.4 is 11.3 Å². The lowest BCUT2D eigenvalue weighted by molar-refractivity contribution is 0.836. The number of rotatable bonds is 2. The van der Waals surface area contributed by atoms with Crippen molar-refractivity contribution >= 4 is 29.0 Å². The molecule has 5 nitrogen and oxygen atoms in total. The normalized spacial score (nSPS) is 11.0. The highest BCUT2D eigenvalue weighted by Crippen LogP contribution is 2.26. The second-order valence-corrected chi connectivity index (χ2v) is 5.20. The van der Waals surface area contributed by atoms with Gasteiger partial charge in [-0.1, -0.05) is 37.0 Å². The van der Waals surface area contributed by atoms with Crippen LogP contribution in [0.25, 0.3) is 11.5 Å². The number of nitrogens with two attached hydrogens (primary N) is 1. The summed E-state index contributed by atoms with van der Waals surface area (Å²) in [5, 5.41) is 0.704. The molecule has 0 amide bonds. The molecule has 0 bridgehead atoms. The minimum Gasteiger partial charge on any atom is -0.383 e. The minimum atomic E-state index is -0.287. The van der Waals surface area contributed by atoms with Crippen molar-refractivity contribution in [2.24, 2.45) is 0 Å². The van der Waals surface area contributed by atoms with Gasteiger partial charge in [-0.3, -0.25) is 4.79 Å². The van der Waals surface area contributed by atoms with Crippen LogP contribution >= 0.6 is 23.2 Å². The van der Waals surface area contributed by atoms with Crippen LogP contribution in [0.2, 0.25) is 10.0 Å². The Hall–Kier alpha value is -1.59. The molecule has 3 N–H and O–H groups in total. The first-order valence-corrected chi connectivity index (χ1v) is 6.37. The first-order chi connectivity index (χ1) is 8.90. The van der Waals surface area contributed by atoms with E-state index in [1.165, 1.54) is 12.3 Å². The van der Waals surface area contributed by atoms with Gasteiger partial charge in [-0.25, -0.2) is 9.97 Å². The van der Waals surface area contributed by atoms with Gasteiger partial charge < -0.3 is 10.7 Å². The lowest BCUT2D eigenvalue weighted by atomic mass is 10.1. The van der Waals surface area contributed by atoms with Crippen LogP contribution in [0.3, 0.4) is 0 Å². The number of nitrogen functional groups attached to an aromatic ring is 1. The molecule has 19 heavy (non-hydrogen) atoms. The maximum Gasteiger partial charge on any atom is 0.256 e. The molecule has 2 aromatic heterocycles. The summed E-state index contributed by atoms with van der Waals surface area (Å²) in [7, 11) is 0. The predicted molar refractivity (Wildman–Crippen MR) is 76.6 cm³/mol. The molecule has 2 heterocycles. The first-order valence-electron chi connectivity index (χ1n) is 5.61. The second kappa shape index (κ2) is 5.19. The molecule has 0 aromatic carbocycles. The Kier molecular flexibility index (Phi) is 3.78. The summed E-state index contributed by atoms with van der Waals surface area (Å²) in [5.41, 5.74) is 6.32. The standard InChI is InChI=1S/C12H12Cl2N4O/c1-5(2)8-10(15)17-11(18-12(8)19)9-7(14)3-6(13)4-16-9/h3-5H,1-2H3,(H3,15,17,18,19). The van der Waals surface area contributed by atoms with Gasteiger partial charge in [-0.15, -0.1) is 0 Å². The Morgan fingerprint density at radius 1 is 1.37 bits per heavy atom. The van der Waals surface area contributed by atoms with E-state index in [1.807, 2.05) is 13.8 Å². The van der Waals surface area contributed by atoms with E-state index in [-0.39, 0.29) is 23.1 Å². The summed E-state index contributed by atoms with van der Waals surface area (Å²) in [6.07, 6.45) is 1.43. The summed E-state index contributed by atoms with van der Waals surface area (Å²) in [4.78, 5) is 22.8. The Morgan fingerprint density at radius 2 is 2.05 bits per heavy atom. The summed E-state index contributed by atoms with van der Waals surface area (Å²) >= 11 is 11.8. The van der Waals surface area contributed by atoms with Crippen molar-refractivity contribution in [3.05, 3.63) is 38.2 Å². The summed E-state index contributed by atoms with van der Waals surface area (Å²) in [6.45, 7) is 3.74. The zero-order valence-electron chi connectivity index (χ0n) is 10.4. The molecule has 0 unspecified atom stereocenters. The van der Waals surface area contributed by atoms with Crippen molar-refractivity contribution in [1.29, 1.82) is 0 Å². The minimum absolute atomic E-state index is 0.0149. The molecule has 7 heteroatoms. The quantitative estimate of drug-likeness (QED) is 0.893. The van der Waals surface area contributed by atoms with Crippen molar-refractivity contribution in [2.75, 3.05) is 5.73 Å². The van der Waals surface area contributed by atoms with Crippen molar-refractivity contribution in [2.45, 2.75) is 19.8 Å². The molecule has 2 rings (SSSR count). The predicted octanol–water partition coefficient (Wildman–Crippen LogP) is 2.84. The average molecular weight is 299 g/mol. The molecule has 0 radical (unpaired) electrons. The Bertz CT molecular complexity index is 682. The van der Waals surface area contributed by atoms with Crippen molar-refractivity contribution in [3.63, 3.8) is 0 Å². The second-order valence-electron chi connectivity index (χ2n) is 4.35. The van der Waals surface area contributed by atoms with Gasteiger partial charge in [0.1, 0.15) is 11.5 Å². The van der Waals surface area contributed by atoms with Gasteiger partial charge in [0.15, 0.2) is 5.82 Å². The van der Waals surface area contributed by atoms with Crippen molar-refractivity contribution in [1.82, 2.24) is 15.0 Å². The lowest BCUT2D eigenvalue weighted by Gasteiger charge is -2.09. The van der Waals surface area contributed by atoms with Crippen molar-refractivity contribution < 1.29 is 0 Å². The number of aromatic nitrogens is 3. The Balaban J connectivity index is 2.62. The van der Waals surface area contributed by atoms with Crippen LogP contribution in [0.1, 0.15) is 25.3 Å². The monoisotopic (exact) mass is 298 g/mol. The molecule has 2 aromatic rings. The van der Waals surface area contributed by atoms with E-state index in [4.69, 9.17) is 28.9 Å². The number of nitrogens with one attached hydrogen (secondary N) is 1. The smallest absolute Gasteiger partial charge is 0.256 e. The van der Waals surface area contributed by atoms with Crippen molar-refractivity contribution in [3.8, 4) is 11.5 Å². The highest BCUT2D eigenvalue weighted by Gasteiger charge is 2.15. The SMILES string of the molecule is CC(C)c1c(N)nc(-c2ncc(Cl)cc2Cl)[nH]c1=O. The van der Waals surface area contributed by atoms with Crippen LogP contribution in [0.5, 0.6) is 0 Å². The number of nitrogens with zero attached hydrogens (tertiary/aromatic N) is 2. The van der Waals surface area contributed by atoms with Gasteiger partial charge in [0.05, 0.1) is 15.6 Å². The maximum absolute atomic E-state index is 12.0. The van der Waals surface area contributed by atoms with E-state index in [2.05, 4.69) is 15.0 Å². The third kappa shape index (κ3) is 2.72. The van der Waals surface area contributed by atoms with Gasteiger partial charge in [-0.2, -0.15) is 0 Å². The molecule has 0 aliphatic heterocycles. The van der Waals surface area contributed by atoms with Gasteiger partial charge in [0.2, 0.25) is 0 Å². The number of anilines is 1. The van der Waals surface area contributed by atoms with E-state index in [9.17, 15) is 4.79 Å². The first kappa shape index (κ1) is 13.8. The molecule has 0 fully saturated rings. The third-order valence-corrected chi connectivity index (χ3v) is 3.09. The molecule has 0 atom stereocenters. The summed E-state index contributed by atoms with van der Waals surface area (Å²) < 4.78 is 0. The zero-order chi connectivity index (χ0) is 14.2. The third-order valence-electron chi connectivity index (χ3n) is 2.59. The highest BCUT2D eigenvalue weighted by molar-refractivity contribution is 6.35. The van der Waals surface area contributed by atoms with E-state index in [0.29, 0.717) is 21.3 Å². The fourth-order valence-electron chi connectivity index (χ4n) is 1.76. The number of hydrogen-bond donors (Lipinski definition) is 2. The molecular formula is C12H12Cl2N4O. The van der Waals surface area contributed by atoms with Crippen LogP contribution in [0.15, 0.2) is 17.1 Å². The van der Waals surface area contributed by atoms with Gasteiger partial charge >= 0.3 is 0 Å². The number of pyridine rings is 1. The summed E-state index contributed by atoms with van der Waals surface area (Å²) in [5.74, 6) is 0.397. The van der Waals surface area contributed by atoms with Gasteiger partial charge in [0, 0.05) is 6.20 Å². The molecule has 0 saturated heterocycles. The lowest BCUT2D eigenvalue weighted by Crippen LogP contribution is -2.19. The van der Waals surface area contributed by atoms with Crippen LogP contribution in [0, 0.1) is 0 Å². The maximum atomic E-state index is 12.0. The largest absolute Gasteiger partial charge is 0.383 e. The number of halogens is 2. The van der Waals surface area contributed by atoms with Gasteiger partial charge in [0.25, 0.3) is 5.56 Å². The van der Waals surface area contributed by atoms with E-state index in [1.54, 1.807) is 0 Å². The molecule has 0 aliphatic carbocycles. The number of hydrogen-bond acceptors (Lipinski definition) is 4. The molecular weight excluding hydrogens is 287 g/mol. The molecule has 0 aliphatic rings. The number of H-pyrrole nitrogens is 1. The number of aromatic amines is 1. The fraction of sp³-hybridized carbons (Fsp3) is 0.250. The Labute approximate surface area is 119 Å². The summed E-state index contributed by atoms with van der Waals surface area (Å²) in [6, 6.07) is 1.53. The van der Waals surface area contributed by atoms with Crippen LogP contribution in [-0.4, -0.2) is 15.0 Å². The highest BCUT2D eigenvalue weighted by atomic mass is 35.5.